The van der Waals surface area contributed by atoms with Gasteiger partial charge in [0.25, 0.3) is 0 Å². The molecule has 0 atom stereocenters. The summed E-state index contributed by atoms with van der Waals surface area (Å²) in [6.45, 7) is 0.679. The fourth-order valence-electron chi connectivity index (χ4n) is 0.830. The van der Waals surface area contributed by atoms with Gasteiger partial charge < -0.3 is 5.32 Å². The predicted molar refractivity (Wildman–Crippen MR) is 50.2 cm³/mol. The fraction of sp³-hybridized carbons (Fsp3) is 0.222. The first-order valence-corrected chi connectivity index (χ1v) is 4.07. The SMILES string of the molecule is N#CCCNc1ccc(Cl)cc1. The molecule has 12 heavy (non-hydrogen) atoms. The van der Waals surface area contributed by atoms with Crippen LogP contribution in [0.3, 0.4) is 0 Å². The van der Waals surface area contributed by atoms with Crippen molar-refractivity contribution in [3.8, 4) is 6.07 Å². The lowest BCUT2D eigenvalue weighted by Crippen LogP contribution is -1.99. The third-order valence-electron chi connectivity index (χ3n) is 1.41. The highest BCUT2D eigenvalue weighted by atomic mass is 35.5. The Hall–Kier alpha value is -1.20. The van der Waals surface area contributed by atoms with E-state index in [1.54, 1.807) is 0 Å². The second-order valence-electron chi connectivity index (χ2n) is 2.34. The standard InChI is InChI=1S/C9H9ClN2/c10-8-2-4-9(5-3-8)12-7-1-6-11/h2-5,12H,1,7H2. The Morgan fingerprint density at radius 1 is 1.33 bits per heavy atom. The van der Waals surface area contributed by atoms with Gasteiger partial charge >= 0.3 is 0 Å². The zero-order valence-corrected chi connectivity index (χ0v) is 7.30. The summed E-state index contributed by atoms with van der Waals surface area (Å²) < 4.78 is 0. The molecule has 1 N–H and O–H groups in total. The van der Waals surface area contributed by atoms with Gasteiger partial charge in [0, 0.05) is 17.3 Å². The Morgan fingerprint density at radius 3 is 2.58 bits per heavy atom. The molecule has 3 heteroatoms. The summed E-state index contributed by atoms with van der Waals surface area (Å²) in [5, 5.41) is 12.1. The topological polar surface area (TPSA) is 35.8 Å². The zero-order valence-electron chi connectivity index (χ0n) is 6.55. The van der Waals surface area contributed by atoms with E-state index in [-0.39, 0.29) is 0 Å². The van der Waals surface area contributed by atoms with E-state index in [1.807, 2.05) is 24.3 Å². The van der Waals surface area contributed by atoms with Gasteiger partial charge in [-0.3, -0.25) is 0 Å². The van der Waals surface area contributed by atoms with Crippen molar-refractivity contribution >= 4 is 17.3 Å². The highest BCUT2D eigenvalue weighted by molar-refractivity contribution is 6.30. The van der Waals surface area contributed by atoms with Crippen molar-refractivity contribution < 1.29 is 0 Å². The predicted octanol–water partition coefficient (Wildman–Crippen LogP) is 2.67. The molecule has 0 aromatic heterocycles. The minimum Gasteiger partial charge on any atom is -0.384 e. The number of halogens is 1. The molecule has 62 valence electrons. The van der Waals surface area contributed by atoms with Gasteiger partial charge in [-0.15, -0.1) is 0 Å². The quantitative estimate of drug-likeness (QED) is 0.726. The molecule has 0 spiro atoms. The van der Waals surface area contributed by atoms with Crippen molar-refractivity contribution in [3.63, 3.8) is 0 Å². The molecule has 1 aromatic carbocycles. The molecular weight excluding hydrogens is 172 g/mol. The number of nitrogens with one attached hydrogen (secondary N) is 1. The fourth-order valence-corrected chi connectivity index (χ4v) is 0.956. The smallest absolute Gasteiger partial charge is 0.0640 e. The lowest BCUT2D eigenvalue weighted by atomic mass is 10.3. The Balaban J connectivity index is 2.43. The number of anilines is 1. The average molecular weight is 181 g/mol. The van der Waals surface area contributed by atoms with Gasteiger partial charge in [-0.2, -0.15) is 5.26 Å². The van der Waals surface area contributed by atoms with Crippen molar-refractivity contribution in [2.45, 2.75) is 6.42 Å². The molecule has 2 nitrogen and oxygen atoms in total. The summed E-state index contributed by atoms with van der Waals surface area (Å²) in [6.07, 6.45) is 0.516. The van der Waals surface area contributed by atoms with Gasteiger partial charge in [0.15, 0.2) is 0 Å². The monoisotopic (exact) mass is 180 g/mol. The summed E-state index contributed by atoms with van der Waals surface area (Å²) in [7, 11) is 0. The van der Waals surface area contributed by atoms with Crippen molar-refractivity contribution in [1.29, 1.82) is 5.26 Å². The maximum absolute atomic E-state index is 8.28. The average Bonchev–Trinajstić information content (AvgIpc) is 2.09. The lowest BCUT2D eigenvalue weighted by molar-refractivity contribution is 1.08. The van der Waals surface area contributed by atoms with E-state index >= 15 is 0 Å². The van der Waals surface area contributed by atoms with E-state index in [4.69, 9.17) is 16.9 Å². The van der Waals surface area contributed by atoms with Gasteiger partial charge in [-0.25, -0.2) is 0 Å². The molecule has 0 aliphatic carbocycles. The van der Waals surface area contributed by atoms with Gasteiger partial charge in [0.1, 0.15) is 0 Å². The van der Waals surface area contributed by atoms with E-state index in [9.17, 15) is 0 Å². The van der Waals surface area contributed by atoms with Crippen LogP contribution in [0.1, 0.15) is 6.42 Å². The van der Waals surface area contributed by atoms with Crippen LogP contribution in [0.15, 0.2) is 24.3 Å². The number of benzene rings is 1. The van der Waals surface area contributed by atoms with Crippen LogP contribution >= 0.6 is 11.6 Å². The second-order valence-corrected chi connectivity index (χ2v) is 2.78. The first-order chi connectivity index (χ1) is 5.83. The molecule has 0 amide bonds. The molecule has 0 radical (unpaired) electrons. The minimum absolute atomic E-state index is 0.516. The molecule has 1 rings (SSSR count). The molecule has 0 aliphatic rings. The van der Waals surface area contributed by atoms with Crippen molar-refractivity contribution in [2.24, 2.45) is 0 Å². The Kier molecular flexibility index (Phi) is 3.43. The third kappa shape index (κ3) is 2.81. The highest BCUT2D eigenvalue weighted by Crippen LogP contribution is 2.12. The number of nitrogens with zero attached hydrogens (tertiary/aromatic N) is 1. The number of hydrogen-bond donors (Lipinski definition) is 1. The van der Waals surface area contributed by atoms with E-state index in [0.29, 0.717) is 13.0 Å². The van der Waals surface area contributed by atoms with Crippen LogP contribution in [-0.4, -0.2) is 6.54 Å². The van der Waals surface area contributed by atoms with Crippen LogP contribution in [0.5, 0.6) is 0 Å². The largest absolute Gasteiger partial charge is 0.384 e. The van der Waals surface area contributed by atoms with Crippen LogP contribution in [0.25, 0.3) is 0 Å². The van der Waals surface area contributed by atoms with Gasteiger partial charge in [0.2, 0.25) is 0 Å². The minimum atomic E-state index is 0.516. The summed E-state index contributed by atoms with van der Waals surface area (Å²) >= 11 is 5.69. The Morgan fingerprint density at radius 2 is 2.00 bits per heavy atom. The first kappa shape index (κ1) is 8.89. The molecule has 0 saturated heterocycles. The normalized spacial score (nSPS) is 9.00. The van der Waals surface area contributed by atoms with E-state index in [2.05, 4.69) is 11.4 Å². The zero-order chi connectivity index (χ0) is 8.81. The van der Waals surface area contributed by atoms with Crippen molar-refractivity contribution in [3.05, 3.63) is 29.3 Å². The highest BCUT2D eigenvalue weighted by Gasteiger charge is 1.90. The number of hydrogen-bond acceptors (Lipinski definition) is 2. The Labute approximate surface area is 76.8 Å². The molecule has 0 heterocycles. The third-order valence-corrected chi connectivity index (χ3v) is 1.66. The van der Waals surface area contributed by atoms with Gasteiger partial charge in [-0.05, 0) is 24.3 Å². The second kappa shape index (κ2) is 4.63. The number of rotatable bonds is 3. The molecular formula is C9H9ClN2. The van der Waals surface area contributed by atoms with E-state index < -0.39 is 0 Å². The van der Waals surface area contributed by atoms with Crippen molar-refractivity contribution in [2.75, 3.05) is 11.9 Å². The molecule has 0 aliphatic heterocycles. The van der Waals surface area contributed by atoms with Crippen LogP contribution in [0.4, 0.5) is 5.69 Å². The molecule has 0 bridgehead atoms. The van der Waals surface area contributed by atoms with E-state index in [0.717, 1.165) is 10.7 Å². The van der Waals surface area contributed by atoms with Crippen LogP contribution in [0, 0.1) is 11.3 Å². The summed E-state index contributed by atoms with van der Waals surface area (Å²) in [5.74, 6) is 0. The van der Waals surface area contributed by atoms with Gasteiger partial charge in [-0.1, -0.05) is 11.6 Å². The maximum Gasteiger partial charge on any atom is 0.0640 e. The summed E-state index contributed by atoms with van der Waals surface area (Å²) in [4.78, 5) is 0. The van der Waals surface area contributed by atoms with Gasteiger partial charge in [0.05, 0.1) is 12.5 Å². The first-order valence-electron chi connectivity index (χ1n) is 3.69. The summed E-state index contributed by atoms with van der Waals surface area (Å²) in [5.41, 5.74) is 0.995. The van der Waals surface area contributed by atoms with Crippen molar-refractivity contribution in [1.82, 2.24) is 0 Å². The van der Waals surface area contributed by atoms with Crippen LogP contribution < -0.4 is 5.32 Å². The Bertz CT molecular complexity index is 274. The van der Waals surface area contributed by atoms with E-state index in [1.165, 1.54) is 0 Å². The maximum atomic E-state index is 8.28. The molecule has 0 unspecified atom stereocenters. The summed E-state index contributed by atoms with van der Waals surface area (Å²) in [6, 6.07) is 9.47. The molecule has 0 fully saturated rings. The number of nitriles is 1. The van der Waals surface area contributed by atoms with Crippen LogP contribution in [-0.2, 0) is 0 Å². The molecule has 1 aromatic rings. The van der Waals surface area contributed by atoms with Crippen LogP contribution in [0.2, 0.25) is 5.02 Å². The lowest BCUT2D eigenvalue weighted by Gasteiger charge is -2.02. The molecule has 0 saturated carbocycles.